The number of hydrogen-bond acceptors (Lipinski definition) is 1. The Balaban J connectivity index is 3.01. The van der Waals surface area contributed by atoms with Gasteiger partial charge >= 0.3 is 12.4 Å². The van der Waals surface area contributed by atoms with Gasteiger partial charge in [0.2, 0.25) is 0 Å². The maximum atomic E-state index is 12.8. The second-order valence-corrected chi connectivity index (χ2v) is 3.61. The van der Waals surface area contributed by atoms with E-state index in [1.165, 1.54) is 0 Å². The number of alkyl halides is 6. The van der Waals surface area contributed by atoms with E-state index in [4.69, 9.17) is 5.11 Å². The maximum Gasteiger partial charge on any atom is 0.416 e. The third kappa shape index (κ3) is 3.86. The molecule has 0 saturated carbocycles. The summed E-state index contributed by atoms with van der Waals surface area (Å²) in [5.41, 5.74) is -1.97. The zero-order valence-electron chi connectivity index (χ0n) is 8.61. The van der Waals surface area contributed by atoms with Crippen LogP contribution in [-0.2, 0) is 12.6 Å². The van der Waals surface area contributed by atoms with Crippen molar-refractivity contribution in [2.24, 2.45) is 0 Å². The third-order valence-corrected chi connectivity index (χ3v) is 2.09. The van der Waals surface area contributed by atoms with Gasteiger partial charge in [0.15, 0.2) is 6.10 Å². The minimum absolute atomic E-state index is 0.170. The Morgan fingerprint density at radius 1 is 1.00 bits per heavy atom. The molecule has 0 aliphatic carbocycles. The normalized spacial score (nSPS) is 14.7. The molecule has 8 heteroatoms. The van der Waals surface area contributed by atoms with E-state index in [1.807, 2.05) is 0 Å². The lowest BCUT2D eigenvalue weighted by molar-refractivity contribution is -0.203. The second-order valence-electron chi connectivity index (χ2n) is 3.61. The van der Waals surface area contributed by atoms with Gasteiger partial charge in [-0.25, -0.2) is 4.39 Å². The van der Waals surface area contributed by atoms with Crippen molar-refractivity contribution in [3.05, 3.63) is 35.1 Å². The average molecular weight is 276 g/mol. The van der Waals surface area contributed by atoms with Gasteiger partial charge in [-0.2, -0.15) is 26.3 Å². The summed E-state index contributed by atoms with van der Waals surface area (Å²) in [4.78, 5) is 0. The maximum absolute atomic E-state index is 12.8. The van der Waals surface area contributed by atoms with Gasteiger partial charge in [0.05, 0.1) is 5.56 Å². The molecular weight excluding hydrogens is 269 g/mol. The molecule has 0 fully saturated rings. The lowest BCUT2D eigenvalue weighted by Gasteiger charge is -2.15. The first-order valence-electron chi connectivity index (χ1n) is 4.61. The van der Waals surface area contributed by atoms with Gasteiger partial charge in [0.25, 0.3) is 0 Å². The highest BCUT2D eigenvalue weighted by Crippen LogP contribution is 2.31. The predicted molar refractivity (Wildman–Crippen MR) is 47.2 cm³/mol. The fourth-order valence-electron chi connectivity index (χ4n) is 1.27. The Morgan fingerprint density at radius 3 is 2.00 bits per heavy atom. The Morgan fingerprint density at radius 2 is 1.56 bits per heavy atom. The highest BCUT2D eigenvalue weighted by molar-refractivity contribution is 5.27. The molecule has 0 aliphatic heterocycles. The van der Waals surface area contributed by atoms with E-state index in [0.29, 0.717) is 12.1 Å². The first-order valence-corrected chi connectivity index (χ1v) is 4.61. The molecule has 0 bridgehead atoms. The molecule has 1 unspecified atom stereocenters. The molecule has 18 heavy (non-hydrogen) atoms. The van der Waals surface area contributed by atoms with Crippen LogP contribution in [0.2, 0.25) is 0 Å². The number of aliphatic hydroxyl groups excluding tert-OH is 1. The smallest absolute Gasteiger partial charge is 0.383 e. The SMILES string of the molecule is OC(Cc1cc(F)cc(C(F)(F)F)c1)C(F)(F)F. The van der Waals surface area contributed by atoms with Crippen LogP contribution in [0.5, 0.6) is 0 Å². The van der Waals surface area contributed by atoms with E-state index >= 15 is 0 Å². The van der Waals surface area contributed by atoms with Crippen LogP contribution in [0.4, 0.5) is 30.7 Å². The quantitative estimate of drug-likeness (QED) is 0.822. The van der Waals surface area contributed by atoms with E-state index < -0.39 is 41.8 Å². The summed E-state index contributed by atoms with van der Waals surface area (Å²) < 4.78 is 85.7. The van der Waals surface area contributed by atoms with E-state index in [0.717, 1.165) is 0 Å². The van der Waals surface area contributed by atoms with Gasteiger partial charge in [0.1, 0.15) is 5.82 Å². The van der Waals surface area contributed by atoms with Gasteiger partial charge in [-0.3, -0.25) is 0 Å². The van der Waals surface area contributed by atoms with Crippen molar-refractivity contribution in [2.75, 3.05) is 0 Å². The number of aliphatic hydroxyl groups is 1. The minimum atomic E-state index is -4.97. The minimum Gasteiger partial charge on any atom is -0.383 e. The van der Waals surface area contributed by atoms with Gasteiger partial charge < -0.3 is 5.11 Å². The lowest BCUT2D eigenvalue weighted by Crippen LogP contribution is -2.30. The molecule has 1 aromatic rings. The number of rotatable bonds is 2. The van der Waals surface area contributed by atoms with Gasteiger partial charge in [0, 0.05) is 6.42 Å². The van der Waals surface area contributed by atoms with Crippen LogP contribution in [-0.4, -0.2) is 17.4 Å². The van der Waals surface area contributed by atoms with Crippen molar-refractivity contribution in [3.8, 4) is 0 Å². The zero-order chi connectivity index (χ0) is 14.1. The standard InChI is InChI=1S/C10H7F7O/c11-7-2-5(3-8(18)10(15,16)17)1-6(4-7)9(12,13)14/h1-2,4,8,18H,3H2. The van der Waals surface area contributed by atoms with Gasteiger partial charge in [-0.05, 0) is 23.8 Å². The van der Waals surface area contributed by atoms with Crippen molar-refractivity contribution < 1.29 is 35.8 Å². The summed E-state index contributed by atoms with van der Waals surface area (Å²) >= 11 is 0. The number of benzene rings is 1. The van der Waals surface area contributed by atoms with Crippen LogP contribution >= 0.6 is 0 Å². The summed E-state index contributed by atoms with van der Waals surface area (Å²) in [5, 5.41) is 8.70. The van der Waals surface area contributed by atoms with Crippen LogP contribution in [0, 0.1) is 5.82 Å². The van der Waals surface area contributed by atoms with Gasteiger partial charge in [-0.15, -0.1) is 0 Å². The monoisotopic (exact) mass is 276 g/mol. The molecule has 102 valence electrons. The van der Waals surface area contributed by atoms with Crippen LogP contribution in [0.1, 0.15) is 11.1 Å². The Bertz CT molecular complexity index is 421. The molecule has 1 nitrogen and oxygen atoms in total. The molecule has 1 aromatic carbocycles. The van der Waals surface area contributed by atoms with Crippen LogP contribution < -0.4 is 0 Å². The van der Waals surface area contributed by atoms with Crippen molar-refractivity contribution in [3.63, 3.8) is 0 Å². The largest absolute Gasteiger partial charge is 0.416 e. The fourth-order valence-corrected chi connectivity index (χ4v) is 1.27. The number of halogens is 7. The zero-order valence-corrected chi connectivity index (χ0v) is 8.61. The summed E-state index contributed by atoms with van der Waals surface area (Å²) in [5.74, 6) is -1.31. The number of hydrogen-bond donors (Lipinski definition) is 1. The summed E-state index contributed by atoms with van der Waals surface area (Å²) in [7, 11) is 0. The van der Waals surface area contributed by atoms with Crippen molar-refractivity contribution in [1.29, 1.82) is 0 Å². The van der Waals surface area contributed by atoms with Crippen molar-refractivity contribution in [2.45, 2.75) is 24.9 Å². The molecule has 0 radical (unpaired) electrons. The third-order valence-electron chi connectivity index (χ3n) is 2.09. The molecule has 0 amide bonds. The highest BCUT2D eigenvalue weighted by atomic mass is 19.4. The molecule has 0 spiro atoms. The highest BCUT2D eigenvalue weighted by Gasteiger charge is 2.38. The van der Waals surface area contributed by atoms with E-state index in [2.05, 4.69) is 0 Å². The average Bonchev–Trinajstić information content (AvgIpc) is 2.13. The Labute approximate surface area is 96.8 Å². The first-order chi connectivity index (χ1) is 8.00. The summed E-state index contributed by atoms with van der Waals surface area (Å²) in [6, 6.07) is 1.06. The molecule has 0 aromatic heterocycles. The molecule has 1 N–H and O–H groups in total. The molecular formula is C10H7F7O. The summed E-state index contributed by atoms with van der Waals surface area (Å²) in [6.07, 6.45) is -13.8. The van der Waals surface area contributed by atoms with E-state index in [9.17, 15) is 30.7 Å². The van der Waals surface area contributed by atoms with Crippen LogP contribution in [0.3, 0.4) is 0 Å². The molecule has 0 heterocycles. The second kappa shape index (κ2) is 4.75. The summed E-state index contributed by atoms with van der Waals surface area (Å²) in [6.45, 7) is 0. The fraction of sp³-hybridized carbons (Fsp3) is 0.400. The molecule has 1 atom stereocenters. The van der Waals surface area contributed by atoms with Crippen LogP contribution in [0.25, 0.3) is 0 Å². The lowest BCUT2D eigenvalue weighted by atomic mass is 10.0. The molecule has 0 saturated heterocycles. The topological polar surface area (TPSA) is 20.2 Å². The first kappa shape index (κ1) is 14.7. The Kier molecular flexibility index (Phi) is 3.89. The van der Waals surface area contributed by atoms with E-state index in [-0.39, 0.29) is 6.07 Å². The van der Waals surface area contributed by atoms with Crippen molar-refractivity contribution in [1.82, 2.24) is 0 Å². The molecule has 1 rings (SSSR count). The van der Waals surface area contributed by atoms with Crippen molar-refractivity contribution >= 4 is 0 Å². The Hall–Kier alpha value is -1.31. The van der Waals surface area contributed by atoms with E-state index in [1.54, 1.807) is 0 Å². The van der Waals surface area contributed by atoms with Crippen LogP contribution in [0.15, 0.2) is 18.2 Å². The van der Waals surface area contributed by atoms with Gasteiger partial charge in [-0.1, -0.05) is 0 Å². The molecule has 0 aliphatic rings. The predicted octanol–water partition coefficient (Wildman–Crippen LogP) is 3.31.